The van der Waals surface area contributed by atoms with Crippen molar-refractivity contribution in [1.29, 1.82) is 5.26 Å². The molecule has 3 nitrogen and oxygen atoms in total. The van der Waals surface area contributed by atoms with Crippen LogP contribution in [0.4, 0.5) is 0 Å². The largest absolute Gasteiger partial charge is 0.228 e. The number of fused-ring (bicyclic) bond motifs is 3. The van der Waals surface area contributed by atoms with E-state index in [-0.39, 0.29) is 0 Å². The van der Waals surface area contributed by atoms with Crippen LogP contribution in [0.5, 0.6) is 0 Å². The van der Waals surface area contributed by atoms with Gasteiger partial charge < -0.3 is 0 Å². The van der Waals surface area contributed by atoms with E-state index >= 15 is 0 Å². The number of aromatic nitrogens is 2. The molecule has 4 heteroatoms. The predicted molar refractivity (Wildman–Crippen MR) is 187 cm³/mol. The zero-order valence-corrected chi connectivity index (χ0v) is 25.0. The summed E-state index contributed by atoms with van der Waals surface area (Å²) < 4.78 is 2.58. The smallest absolute Gasteiger partial charge is 0.160 e. The number of hydrogen-bond acceptors (Lipinski definition) is 4. The van der Waals surface area contributed by atoms with Crippen LogP contribution in [0.2, 0.25) is 0 Å². The standard InChI is InChI=1S/C41H25N3S/c42-26-27-10-9-15-31(20-27)37-25-38(44-41(43-37)29-13-5-2-6-14-29)34-22-32(28-11-3-1-4-12-28)21-33(23-34)30-18-19-40-36(24-30)35-16-7-8-17-39(35)45-40/h1-25H. The van der Waals surface area contributed by atoms with Gasteiger partial charge in [-0.1, -0.05) is 97.1 Å². The molecule has 0 saturated heterocycles. The van der Waals surface area contributed by atoms with Crippen LogP contribution in [0.15, 0.2) is 152 Å². The second-order valence-electron chi connectivity index (χ2n) is 11.0. The van der Waals surface area contributed by atoms with Gasteiger partial charge in [0.25, 0.3) is 0 Å². The Balaban J connectivity index is 1.35. The molecule has 0 aliphatic heterocycles. The average Bonchev–Trinajstić information content (AvgIpc) is 3.50. The summed E-state index contributed by atoms with van der Waals surface area (Å²) in [6.45, 7) is 0. The van der Waals surface area contributed by atoms with Crippen molar-refractivity contribution in [1.82, 2.24) is 9.97 Å². The topological polar surface area (TPSA) is 49.6 Å². The summed E-state index contributed by atoms with van der Waals surface area (Å²) in [5, 5.41) is 12.1. The molecule has 210 valence electrons. The highest BCUT2D eigenvalue weighted by Crippen LogP contribution is 2.39. The quantitative estimate of drug-likeness (QED) is 0.200. The van der Waals surface area contributed by atoms with Crippen molar-refractivity contribution in [2.24, 2.45) is 0 Å². The monoisotopic (exact) mass is 591 g/mol. The Hall–Kier alpha value is -5.89. The van der Waals surface area contributed by atoms with Gasteiger partial charge in [0.05, 0.1) is 23.0 Å². The van der Waals surface area contributed by atoms with Crippen molar-refractivity contribution in [3.05, 3.63) is 157 Å². The van der Waals surface area contributed by atoms with Crippen LogP contribution in [-0.4, -0.2) is 9.97 Å². The molecule has 8 rings (SSSR count). The van der Waals surface area contributed by atoms with Gasteiger partial charge >= 0.3 is 0 Å². The van der Waals surface area contributed by atoms with Crippen LogP contribution >= 0.6 is 11.3 Å². The van der Waals surface area contributed by atoms with Gasteiger partial charge in [-0.05, 0) is 76.9 Å². The van der Waals surface area contributed by atoms with E-state index in [1.807, 2.05) is 78.1 Å². The molecule has 0 fully saturated rings. The van der Waals surface area contributed by atoms with Gasteiger partial charge in [-0.3, -0.25) is 0 Å². The molecule has 0 aliphatic carbocycles. The molecule has 45 heavy (non-hydrogen) atoms. The third-order valence-corrected chi connectivity index (χ3v) is 9.24. The fraction of sp³-hybridized carbons (Fsp3) is 0. The fourth-order valence-electron chi connectivity index (χ4n) is 5.85. The highest BCUT2D eigenvalue weighted by Gasteiger charge is 2.15. The van der Waals surface area contributed by atoms with E-state index in [0.29, 0.717) is 11.4 Å². The van der Waals surface area contributed by atoms with Gasteiger partial charge in [0.15, 0.2) is 5.82 Å². The third-order valence-electron chi connectivity index (χ3n) is 8.09. The zero-order valence-electron chi connectivity index (χ0n) is 24.2. The molecule has 6 aromatic carbocycles. The van der Waals surface area contributed by atoms with Gasteiger partial charge in [0.2, 0.25) is 0 Å². The number of rotatable bonds is 5. The second kappa shape index (κ2) is 11.3. The van der Waals surface area contributed by atoms with Crippen LogP contribution in [-0.2, 0) is 0 Å². The summed E-state index contributed by atoms with van der Waals surface area (Å²) in [4.78, 5) is 10.1. The highest BCUT2D eigenvalue weighted by atomic mass is 32.1. The van der Waals surface area contributed by atoms with Gasteiger partial charge in [0, 0.05) is 36.9 Å². The predicted octanol–water partition coefficient (Wildman–Crippen LogP) is 11.1. The maximum absolute atomic E-state index is 9.58. The minimum absolute atomic E-state index is 0.596. The normalized spacial score (nSPS) is 11.1. The summed E-state index contributed by atoms with van der Waals surface area (Å²) in [7, 11) is 0. The van der Waals surface area contributed by atoms with E-state index in [2.05, 4.69) is 91.0 Å². The average molecular weight is 592 g/mol. The minimum atomic E-state index is 0.596. The van der Waals surface area contributed by atoms with Gasteiger partial charge in [-0.2, -0.15) is 5.26 Å². The van der Waals surface area contributed by atoms with Crippen molar-refractivity contribution in [3.8, 4) is 62.2 Å². The van der Waals surface area contributed by atoms with E-state index in [9.17, 15) is 5.26 Å². The Bertz CT molecular complexity index is 2390. The van der Waals surface area contributed by atoms with E-state index in [1.54, 1.807) is 0 Å². The van der Waals surface area contributed by atoms with E-state index in [1.165, 1.54) is 20.2 Å². The van der Waals surface area contributed by atoms with Crippen molar-refractivity contribution < 1.29 is 0 Å². The first-order valence-corrected chi connectivity index (χ1v) is 15.6. The Morgan fingerprint density at radius 3 is 1.82 bits per heavy atom. The SMILES string of the molecule is N#Cc1cccc(-c2cc(-c3cc(-c4ccccc4)cc(-c4ccc5sc6ccccc6c5c4)c3)nc(-c3ccccc3)n2)c1. The number of hydrogen-bond donors (Lipinski definition) is 0. The molecular formula is C41H25N3S. The molecule has 0 bridgehead atoms. The molecular weight excluding hydrogens is 567 g/mol. The molecule has 0 unspecified atom stereocenters. The molecule has 2 aromatic heterocycles. The molecule has 0 radical (unpaired) electrons. The third kappa shape index (κ3) is 5.16. The van der Waals surface area contributed by atoms with Crippen LogP contribution in [0.1, 0.15) is 5.56 Å². The molecule has 0 amide bonds. The van der Waals surface area contributed by atoms with E-state index < -0.39 is 0 Å². The summed E-state index contributed by atoms with van der Waals surface area (Å²) in [5.41, 5.74) is 9.54. The van der Waals surface area contributed by atoms with Gasteiger partial charge in [-0.15, -0.1) is 11.3 Å². The second-order valence-corrected chi connectivity index (χ2v) is 12.1. The summed E-state index contributed by atoms with van der Waals surface area (Å²) in [5.74, 6) is 0.642. The molecule has 0 spiro atoms. The van der Waals surface area contributed by atoms with Crippen molar-refractivity contribution in [2.75, 3.05) is 0 Å². The number of nitriles is 1. The van der Waals surface area contributed by atoms with Crippen molar-refractivity contribution in [2.45, 2.75) is 0 Å². The number of thiophene rings is 1. The maximum Gasteiger partial charge on any atom is 0.160 e. The molecule has 0 aliphatic rings. The van der Waals surface area contributed by atoms with Crippen molar-refractivity contribution in [3.63, 3.8) is 0 Å². The minimum Gasteiger partial charge on any atom is -0.228 e. The van der Waals surface area contributed by atoms with E-state index in [4.69, 9.17) is 9.97 Å². The van der Waals surface area contributed by atoms with Gasteiger partial charge in [-0.25, -0.2) is 9.97 Å². The van der Waals surface area contributed by atoms with E-state index in [0.717, 1.165) is 50.3 Å². The molecule has 0 saturated carbocycles. The maximum atomic E-state index is 9.58. The molecule has 2 heterocycles. The summed E-state index contributed by atoms with van der Waals surface area (Å²) in [6.07, 6.45) is 0. The Morgan fingerprint density at radius 2 is 1.04 bits per heavy atom. The van der Waals surface area contributed by atoms with Crippen molar-refractivity contribution >= 4 is 31.5 Å². The molecule has 0 N–H and O–H groups in total. The number of benzene rings is 6. The first-order valence-electron chi connectivity index (χ1n) is 14.8. The summed E-state index contributed by atoms with van der Waals surface area (Å²) >= 11 is 1.83. The first kappa shape index (κ1) is 26.7. The highest BCUT2D eigenvalue weighted by molar-refractivity contribution is 7.25. The summed E-state index contributed by atoms with van der Waals surface area (Å²) in [6, 6.07) is 54.5. The van der Waals surface area contributed by atoms with Crippen LogP contribution in [0.25, 0.3) is 76.3 Å². The van der Waals surface area contributed by atoms with Crippen LogP contribution in [0, 0.1) is 11.3 Å². The Morgan fingerprint density at radius 1 is 0.422 bits per heavy atom. The Kier molecular flexibility index (Phi) is 6.72. The lowest BCUT2D eigenvalue weighted by Gasteiger charge is -2.13. The lowest BCUT2D eigenvalue weighted by atomic mass is 9.94. The fourth-order valence-corrected chi connectivity index (χ4v) is 6.94. The lowest BCUT2D eigenvalue weighted by Crippen LogP contribution is -1.96. The molecule has 0 atom stereocenters. The molecule has 8 aromatic rings. The first-order chi connectivity index (χ1) is 22.2. The number of nitrogens with zero attached hydrogens (tertiary/aromatic N) is 3. The zero-order chi connectivity index (χ0) is 30.2. The van der Waals surface area contributed by atoms with Gasteiger partial charge in [0.1, 0.15) is 0 Å². The lowest BCUT2D eigenvalue weighted by molar-refractivity contribution is 1.18. The van der Waals surface area contributed by atoms with Crippen LogP contribution in [0.3, 0.4) is 0 Å². The Labute approximate surface area is 265 Å². The van der Waals surface area contributed by atoms with Crippen LogP contribution < -0.4 is 0 Å².